The van der Waals surface area contributed by atoms with Gasteiger partial charge in [0.2, 0.25) is 0 Å². The topological polar surface area (TPSA) is 79.5 Å². The van der Waals surface area contributed by atoms with Crippen molar-refractivity contribution in [2.45, 2.75) is 33.3 Å². The molecule has 1 unspecified atom stereocenters. The summed E-state index contributed by atoms with van der Waals surface area (Å²) in [5.41, 5.74) is 6.94. The number of ether oxygens (including phenoxy) is 1. The van der Waals surface area contributed by atoms with E-state index >= 15 is 0 Å². The van der Waals surface area contributed by atoms with Crippen molar-refractivity contribution in [2.24, 2.45) is 0 Å². The van der Waals surface area contributed by atoms with E-state index in [2.05, 4.69) is 16.2 Å². The summed E-state index contributed by atoms with van der Waals surface area (Å²) >= 11 is 5.04. The minimum atomic E-state index is -0.382. The molecule has 0 radical (unpaired) electrons. The molecule has 0 saturated heterocycles. The van der Waals surface area contributed by atoms with Crippen LogP contribution in [0.5, 0.6) is 5.75 Å². The van der Waals surface area contributed by atoms with Gasteiger partial charge in [-0.2, -0.15) is 0 Å². The van der Waals surface area contributed by atoms with Crippen LogP contribution in [0.25, 0.3) is 0 Å². The summed E-state index contributed by atoms with van der Waals surface area (Å²) < 4.78 is 5.68. The Morgan fingerprint density at radius 1 is 0.963 bits per heavy atom. The van der Waals surface area contributed by atoms with Crippen LogP contribution in [0.2, 0.25) is 0 Å². The molecule has 2 rings (SSSR count). The zero-order valence-corrected chi connectivity index (χ0v) is 16.4. The summed E-state index contributed by atoms with van der Waals surface area (Å²) in [4.78, 5) is 24.2. The third-order valence-electron chi connectivity index (χ3n) is 3.86. The summed E-state index contributed by atoms with van der Waals surface area (Å²) in [5, 5.41) is 2.51. The number of carbonyl (C=O) groups excluding carboxylic acids is 2. The summed E-state index contributed by atoms with van der Waals surface area (Å²) in [5.74, 6) is -0.0303. The Kier molecular flexibility index (Phi) is 7.31. The number of carbonyl (C=O) groups is 2. The molecule has 0 aliphatic heterocycles. The van der Waals surface area contributed by atoms with E-state index in [9.17, 15) is 9.59 Å². The molecular formula is C20H23N3O3S. The molecule has 6 nitrogen and oxygen atoms in total. The highest BCUT2D eigenvalue weighted by Gasteiger charge is 2.10. The zero-order valence-electron chi connectivity index (χ0n) is 15.5. The van der Waals surface area contributed by atoms with Crippen molar-refractivity contribution in [1.82, 2.24) is 16.2 Å². The maximum absolute atomic E-state index is 12.2. The molecule has 7 heteroatoms. The van der Waals surface area contributed by atoms with Crippen LogP contribution in [0.3, 0.4) is 0 Å². The van der Waals surface area contributed by atoms with E-state index < -0.39 is 0 Å². The fourth-order valence-electron chi connectivity index (χ4n) is 2.10. The van der Waals surface area contributed by atoms with Gasteiger partial charge >= 0.3 is 0 Å². The maximum Gasteiger partial charge on any atom is 0.269 e. The number of amides is 2. The Labute approximate surface area is 164 Å². The van der Waals surface area contributed by atoms with Crippen molar-refractivity contribution in [3.63, 3.8) is 0 Å². The Hall–Kier alpha value is -2.93. The van der Waals surface area contributed by atoms with Gasteiger partial charge in [-0.25, -0.2) is 0 Å². The Bertz CT molecular complexity index is 804. The van der Waals surface area contributed by atoms with Crippen molar-refractivity contribution in [3.8, 4) is 5.75 Å². The van der Waals surface area contributed by atoms with Gasteiger partial charge in [-0.05, 0) is 68.9 Å². The van der Waals surface area contributed by atoms with Crippen molar-refractivity contribution < 1.29 is 14.3 Å². The number of benzene rings is 2. The molecule has 2 amide bonds. The number of hydrazine groups is 1. The van der Waals surface area contributed by atoms with Crippen LogP contribution in [0.15, 0.2) is 48.5 Å². The van der Waals surface area contributed by atoms with Gasteiger partial charge in [0.25, 0.3) is 11.8 Å². The first-order valence-electron chi connectivity index (χ1n) is 8.64. The standard InChI is InChI=1S/C20H23N3O3S/c1-4-14(3)26-17-11-9-15(10-12-17)18(24)21-20(27)23-22-19(25)16-7-5-13(2)6-8-16/h5-12,14H,4H2,1-3H3,(H,22,25)(H2,21,23,24,27). The van der Waals surface area contributed by atoms with Gasteiger partial charge < -0.3 is 4.74 Å². The van der Waals surface area contributed by atoms with Crippen molar-refractivity contribution in [1.29, 1.82) is 0 Å². The highest BCUT2D eigenvalue weighted by molar-refractivity contribution is 7.80. The van der Waals surface area contributed by atoms with E-state index in [0.29, 0.717) is 16.9 Å². The van der Waals surface area contributed by atoms with Gasteiger partial charge in [0.05, 0.1) is 6.10 Å². The minimum Gasteiger partial charge on any atom is -0.491 e. The smallest absolute Gasteiger partial charge is 0.269 e. The van der Waals surface area contributed by atoms with Crippen LogP contribution in [0.1, 0.15) is 46.5 Å². The summed E-state index contributed by atoms with van der Waals surface area (Å²) in [6, 6.07) is 13.9. The van der Waals surface area contributed by atoms with Gasteiger partial charge in [-0.3, -0.25) is 25.8 Å². The van der Waals surface area contributed by atoms with Crippen molar-refractivity contribution in [3.05, 3.63) is 65.2 Å². The van der Waals surface area contributed by atoms with E-state index in [1.807, 2.05) is 32.9 Å². The third kappa shape index (κ3) is 6.38. The highest BCUT2D eigenvalue weighted by Crippen LogP contribution is 2.14. The van der Waals surface area contributed by atoms with E-state index in [1.165, 1.54) is 0 Å². The largest absolute Gasteiger partial charge is 0.491 e. The first kappa shape index (κ1) is 20.4. The average Bonchev–Trinajstić information content (AvgIpc) is 2.67. The van der Waals surface area contributed by atoms with Crippen LogP contribution in [-0.4, -0.2) is 23.0 Å². The van der Waals surface area contributed by atoms with Crippen LogP contribution in [-0.2, 0) is 0 Å². The second kappa shape index (κ2) is 9.68. The van der Waals surface area contributed by atoms with Crippen LogP contribution >= 0.6 is 12.2 Å². The van der Waals surface area contributed by atoms with Crippen LogP contribution < -0.4 is 20.9 Å². The van der Waals surface area contributed by atoms with Gasteiger partial charge in [0.15, 0.2) is 5.11 Å². The normalized spacial score (nSPS) is 11.2. The number of nitrogens with one attached hydrogen (secondary N) is 3. The van der Waals surface area contributed by atoms with Gasteiger partial charge in [-0.1, -0.05) is 24.6 Å². The lowest BCUT2D eigenvalue weighted by molar-refractivity contribution is 0.0934. The Balaban J connectivity index is 1.83. The first-order chi connectivity index (χ1) is 12.9. The van der Waals surface area contributed by atoms with Crippen molar-refractivity contribution >= 4 is 29.1 Å². The van der Waals surface area contributed by atoms with Crippen LogP contribution in [0, 0.1) is 6.92 Å². The SMILES string of the molecule is CCC(C)Oc1ccc(C(=O)NC(=S)NNC(=O)c2ccc(C)cc2)cc1. The molecule has 0 bridgehead atoms. The number of rotatable bonds is 5. The molecule has 0 heterocycles. The molecule has 0 aliphatic carbocycles. The zero-order chi connectivity index (χ0) is 19.8. The Morgan fingerprint density at radius 3 is 2.11 bits per heavy atom. The predicted molar refractivity (Wildman–Crippen MR) is 109 cm³/mol. The molecule has 2 aromatic carbocycles. The number of aryl methyl sites for hydroxylation is 1. The molecule has 0 aliphatic rings. The molecule has 0 saturated carbocycles. The lowest BCUT2D eigenvalue weighted by Gasteiger charge is -2.13. The summed E-state index contributed by atoms with van der Waals surface area (Å²) in [6.07, 6.45) is 1.01. The van der Waals surface area contributed by atoms with E-state index in [4.69, 9.17) is 17.0 Å². The number of thiocarbonyl (C=S) groups is 1. The second-order valence-electron chi connectivity index (χ2n) is 6.09. The van der Waals surface area contributed by atoms with E-state index in [0.717, 1.165) is 12.0 Å². The summed E-state index contributed by atoms with van der Waals surface area (Å²) in [6.45, 7) is 5.96. The van der Waals surface area contributed by atoms with Crippen molar-refractivity contribution in [2.75, 3.05) is 0 Å². The highest BCUT2D eigenvalue weighted by atomic mass is 32.1. The molecule has 142 valence electrons. The Morgan fingerprint density at radius 2 is 1.52 bits per heavy atom. The maximum atomic E-state index is 12.2. The van der Waals surface area contributed by atoms with Crippen LogP contribution in [0.4, 0.5) is 0 Å². The second-order valence-corrected chi connectivity index (χ2v) is 6.50. The van der Waals surface area contributed by atoms with E-state index in [-0.39, 0.29) is 23.0 Å². The third-order valence-corrected chi connectivity index (χ3v) is 4.06. The molecule has 0 aromatic heterocycles. The number of hydrogen-bond donors (Lipinski definition) is 3. The molecule has 2 aromatic rings. The van der Waals surface area contributed by atoms with E-state index in [1.54, 1.807) is 36.4 Å². The minimum absolute atomic E-state index is 0.000364. The lowest BCUT2D eigenvalue weighted by Crippen LogP contribution is -2.48. The first-order valence-corrected chi connectivity index (χ1v) is 9.05. The monoisotopic (exact) mass is 385 g/mol. The molecule has 0 spiro atoms. The molecule has 0 fully saturated rings. The fraction of sp³-hybridized carbons (Fsp3) is 0.250. The molecule has 3 N–H and O–H groups in total. The number of hydrogen-bond acceptors (Lipinski definition) is 4. The van der Waals surface area contributed by atoms with Gasteiger partial charge in [0.1, 0.15) is 5.75 Å². The predicted octanol–water partition coefficient (Wildman–Crippen LogP) is 3.12. The molecule has 1 atom stereocenters. The van der Waals surface area contributed by atoms with Gasteiger partial charge in [0, 0.05) is 11.1 Å². The fourth-order valence-corrected chi connectivity index (χ4v) is 2.24. The van der Waals surface area contributed by atoms with Gasteiger partial charge in [-0.15, -0.1) is 0 Å². The quantitative estimate of drug-likeness (QED) is 0.544. The molecular weight excluding hydrogens is 362 g/mol. The molecule has 27 heavy (non-hydrogen) atoms. The lowest BCUT2D eigenvalue weighted by atomic mass is 10.1. The summed E-state index contributed by atoms with van der Waals surface area (Å²) in [7, 11) is 0. The average molecular weight is 385 g/mol.